The number of carbonyl (C=O) groups excluding carboxylic acids is 1. The Hall–Kier alpha value is -2.59. The molecule has 1 aromatic heterocycles. The molecule has 4 heteroatoms. The highest BCUT2D eigenvalue weighted by molar-refractivity contribution is 5.87. The van der Waals surface area contributed by atoms with Crippen LogP contribution in [0.2, 0.25) is 0 Å². The Kier molecular flexibility index (Phi) is 7.08. The summed E-state index contributed by atoms with van der Waals surface area (Å²) in [6.45, 7) is 4.16. The first-order valence-electron chi connectivity index (χ1n) is 11.8. The maximum absolute atomic E-state index is 12.6. The minimum absolute atomic E-state index is 0.0762. The van der Waals surface area contributed by atoms with E-state index >= 15 is 0 Å². The van der Waals surface area contributed by atoms with Gasteiger partial charge in [-0.15, -0.1) is 0 Å². The van der Waals surface area contributed by atoms with E-state index in [1.54, 1.807) is 0 Å². The van der Waals surface area contributed by atoms with Crippen molar-refractivity contribution in [1.82, 2.24) is 14.8 Å². The molecule has 3 aromatic rings. The second kappa shape index (κ2) is 10.1. The van der Waals surface area contributed by atoms with Crippen molar-refractivity contribution in [2.45, 2.75) is 58.0 Å². The molecule has 164 valence electrons. The number of likely N-dealkylation sites (N-methyl/N-ethyl adjacent to an activating group) is 1. The van der Waals surface area contributed by atoms with Gasteiger partial charge < -0.3 is 14.8 Å². The molecule has 0 aliphatic heterocycles. The lowest BCUT2D eigenvalue weighted by atomic mass is 9.94. The first-order chi connectivity index (χ1) is 15.1. The molecule has 1 fully saturated rings. The van der Waals surface area contributed by atoms with Crippen LogP contribution in [-0.2, 0) is 17.8 Å². The Labute approximate surface area is 186 Å². The number of nitrogens with one attached hydrogen (secondary N) is 1. The fourth-order valence-electron chi connectivity index (χ4n) is 4.72. The lowest BCUT2D eigenvalue weighted by Gasteiger charge is -2.31. The normalized spacial score (nSPS) is 14.9. The molecule has 0 spiro atoms. The molecule has 0 radical (unpaired) electrons. The van der Waals surface area contributed by atoms with Gasteiger partial charge in [0.25, 0.3) is 0 Å². The van der Waals surface area contributed by atoms with Gasteiger partial charge in [0.2, 0.25) is 5.91 Å². The maximum atomic E-state index is 12.6. The number of hydrogen-bond acceptors (Lipinski definition) is 2. The second-order valence-corrected chi connectivity index (χ2v) is 8.89. The van der Waals surface area contributed by atoms with Crippen LogP contribution in [0, 0.1) is 0 Å². The predicted octanol–water partition coefficient (Wildman–Crippen LogP) is 5.25. The lowest BCUT2D eigenvalue weighted by molar-refractivity contribution is -0.121. The molecule has 2 aromatic carbocycles. The molecule has 1 amide bonds. The van der Waals surface area contributed by atoms with Crippen molar-refractivity contribution >= 4 is 16.8 Å². The van der Waals surface area contributed by atoms with Crippen molar-refractivity contribution in [2.24, 2.45) is 0 Å². The molecule has 0 unspecified atom stereocenters. The number of fused-ring (bicyclic) bond motifs is 1. The summed E-state index contributed by atoms with van der Waals surface area (Å²) < 4.78 is 2.05. The molecule has 1 heterocycles. The van der Waals surface area contributed by atoms with Gasteiger partial charge in [0.15, 0.2) is 0 Å². The topological polar surface area (TPSA) is 37.3 Å². The number of benzene rings is 2. The summed E-state index contributed by atoms with van der Waals surface area (Å²) in [6, 6.07) is 18.0. The van der Waals surface area contributed by atoms with E-state index in [1.165, 1.54) is 54.2 Å². The summed E-state index contributed by atoms with van der Waals surface area (Å²) in [5.41, 5.74) is 4.84. The molecule has 0 atom stereocenters. The first-order valence-corrected chi connectivity index (χ1v) is 11.8. The van der Waals surface area contributed by atoms with Crippen molar-refractivity contribution < 1.29 is 4.79 Å². The van der Waals surface area contributed by atoms with Crippen LogP contribution in [0.5, 0.6) is 0 Å². The molecule has 0 saturated heterocycles. The minimum Gasteiger partial charge on any atom is -0.353 e. The molecule has 1 aliphatic rings. The quantitative estimate of drug-likeness (QED) is 0.543. The van der Waals surface area contributed by atoms with Crippen molar-refractivity contribution in [3.05, 3.63) is 60.3 Å². The highest BCUT2D eigenvalue weighted by Crippen LogP contribution is 2.26. The van der Waals surface area contributed by atoms with E-state index in [0.29, 0.717) is 19.1 Å². The molecule has 4 rings (SSSR count). The summed E-state index contributed by atoms with van der Waals surface area (Å²) in [6.07, 6.45) is 9.71. The third-order valence-electron chi connectivity index (χ3n) is 6.77. The number of rotatable bonds is 8. The van der Waals surface area contributed by atoms with E-state index in [-0.39, 0.29) is 5.91 Å². The van der Waals surface area contributed by atoms with E-state index in [0.717, 1.165) is 18.5 Å². The van der Waals surface area contributed by atoms with E-state index in [4.69, 9.17) is 0 Å². The number of carbonyl (C=O) groups is 1. The molecule has 31 heavy (non-hydrogen) atoms. The Bertz CT molecular complexity index is 999. The lowest BCUT2D eigenvalue weighted by Crippen LogP contribution is -2.40. The molecule has 1 saturated carbocycles. The van der Waals surface area contributed by atoms with Crippen LogP contribution in [0.3, 0.4) is 0 Å². The number of nitrogens with zero attached hydrogens (tertiary/aromatic N) is 2. The third kappa shape index (κ3) is 5.37. The van der Waals surface area contributed by atoms with E-state index in [9.17, 15) is 4.79 Å². The highest BCUT2D eigenvalue weighted by atomic mass is 16.1. The Morgan fingerprint density at radius 1 is 1.03 bits per heavy atom. The summed E-state index contributed by atoms with van der Waals surface area (Å²) in [4.78, 5) is 15.0. The van der Waals surface area contributed by atoms with Crippen LogP contribution < -0.4 is 5.32 Å². The highest BCUT2D eigenvalue weighted by Gasteiger charge is 2.17. The van der Waals surface area contributed by atoms with Gasteiger partial charge in [-0.3, -0.25) is 4.79 Å². The zero-order valence-electron chi connectivity index (χ0n) is 18.9. The van der Waals surface area contributed by atoms with Crippen LogP contribution in [0.4, 0.5) is 0 Å². The van der Waals surface area contributed by atoms with Gasteiger partial charge in [0, 0.05) is 30.8 Å². The van der Waals surface area contributed by atoms with Crippen LogP contribution in [0.15, 0.2) is 54.7 Å². The Balaban J connectivity index is 1.36. The molecular weight excluding hydrogens is 382 g/mol. The molecule has 4 nitrogen and oxygen atoms in total. The van der Waals surface area contributed by atoms with E-state index in [1.807, 2.05) is 6.20 Å². The van der Waals surface area contributed by atoms with Crippen LogP contribution >= 0.6 is 0 Å². The van der Waals surface area contributed by atoms with Crippen molar-refractivity contribution in [3.63, 3.8) is 0 Å². The van der Waals surface area contributed by atoms with Crippen molar-refractivity contribution in [2.75, 3.05) is 20.1 Å². The Morgan fingerprint density at radius 2 is 1.77 bits per heavy atom. The van der Waals surface area contributed by atoms with Gasteiger partial charge in [-0.05, 0) is 60.5 Å². The van der Waals surface area contributed by atoms with E-state index < -0.39 is 0 Å². The minimum atomic E-state index is 0.0762. The van der Waals surface area contributed by atoms with Crippen molar-refractivity contribution in [1.29, 1.82) is 0 Å². The smallest absolute Gasteiger partial charge is 0.239 e. The SMILES string of the molecule is CCc1ccc(-c2ccc3ccn(CC(=O)NCCN(C)C4CCCCC4)c3c2)cc1. The summed E-state index contributed by atoms with van der Waals surface area (Å²) in [7, 11) is 2.19. The first kappa shape index (κ1) is 21.6. The van der Waals surface area contributed by atoms with E-state index in [2.05, 4.69) is 77.3 Å². The van der Waals surface area contributed by atoms with Gasteiger partial charge in [0.1, 0.15) is 6.54 Å². The van der Waals surface area contributed by atoms with Gasteiger partial charge >= 0.3 is 0 Å². The van der Waals surface area contributed by atoms with Crippen LogP contribution in [0.25, 0.3) is 22.0 Å². The number of aryl methyl sites for hydroxylation is 1. The summed E-state index contributed by atoms with van der Waals surface area (Å²) >= 11 is 0. The van der Waals surface area contributed by atoms with Gasteiger partial charge in [-0.2, -0.15) is 0 Å². The number of hydrogen-bond donors (Lipinski definition) is 1. The number of amides is 1. The fraction of sp³-hybridized carbons (Fsp3) is 0.444. The van der Waals surface area contributed by atoms with Gasteiger partial charge in [-0.1, -0.05) is 62.6 Å². The number of aromatic nitrogens is 1. The maximum Gasteiger partial charge on any atom is 0.239 e. The molecular formula is C27H35N3O. The largest absolute Gasteiger partial charge is 0.353 e. The third-order valence-corrected chi connectivity index (χ3v) is 6.77. The van der Waals surface area contributed by atoms with Crippen LogP contribution in [-0.4, -0.2) is 41.6 Å². The Morgan fingerprint density at radius 3 is 2.52 bits per heavy atom. The summed E-state index contributed by atoms with van der Waals surface area (Å²) in [5.74, 6) is 0.0762. The van der Waals surface area contributed by atoms with Crippen LogP contribution in [0.1, 0.15) is 44.6 Å². The fourth-order valence-corrected chi connectivity index (χ4v) is 4.72. The second-order valence-electron chi connectivity index (χ2n) is 8.89. The zero-order valence-corrected chi connectivity index (χ0v) is 18.9. The monoisotopic (exact) mass is 417 g/mol. The molecule has 0 bridgehead atoms. The van der Waals surface area contributed by atoms with Gasteiger partial charge in [-0.25, -0.2) is 0 Å². The zero-order chi connectivity index (χ0) is 21.6. The predicted molar refractivity (Wildman–Crippen MR) is 129 cm³/mol. The average molecular weight is 418 g/mol. The molecule has 1 N–H and O–H groups in total. The standard InChI is InChI=1S/C27H35N3O/c1-3-21-9-11-22(12-10-21)24-14-13-23-15-17-30(26(23)19-24)20-27(31)28-16-18-29(2)25-7-5-4-6-8-25/h9-15,17,19,25H,3-8,16,18,20H2,1-2H3,(H,28,31). The van der Waals surface area contributed by atoms with Gasteiger partial charge in [0.05, 0.1) is 0 Å². The molecule has 1 aliphatic carbocycles. The average Bonchev–Trinajstić information content (AvgIpc) is 3.21. The summed E-state index contributed by atoms with van der Waals surface area (Å²) in [5, 5.41) is 4.28. The van der Waals surface area contributed by atoms with Crippen molar-refractivity contribution in [3.8, 4) is 11.1 Å².